The number of nitrogens with one attached hydrogen (secondary N) is 2. The molecular formula is C17H19ClF3N3OS. The standard InChI is InChI=1S/C17H18F3N3OS.ClH/c1-8-12-4-5-13(17(18,19)20)23-16(12)25-14(8)15(24)22-11-6-9-2-3-10(7-11)21-9;/h4-5,9-11,21H,2-3,6-7H2,1H3,(H,22,24);1H. The first-order chi connectivity index (χ1) is 11.8. The number of aromatic nitrogens is 1. The van der Waals surface area contributed by atoms with E-state index in [1.807, 2.05) is 0 Å². The van der Waals surface area contributed by atoms with Gasteiger partial charge in [-0.1, -0.05) is 0 Å². The monoisotopic (exact) mass is 405 g/mol. The van der Waals surface area contributed by atoms with E-state index in [0.717, 1.165) is 43.1 Å². The molecule has 1 amide bonds. The van der Waals surface area contributed by atoms with Crippen molar-refractivity contribution in [3.8, 4) is 0 Å². The lowest BCUT2D eigenvalue weighted by Gasteiger charge is -2.29. The summed E-state index contributed by atoms with van der Waals surface area (Å²) in [5.41, 5.74) is -0.237. The van der Waals surface area contributed by atoms with Crippen molar-refractivity contribution in [2.24, 2.45) is 0 Å². The topological polar surface area (TPSA) is 54.0 Å². The molecule has 0 spiro atoms. The molecule has 4 nitrogen and oxygen atoms in total. The van der Waals surface area contributed by atoms with Crippen molar-refractivity contribution in [3.63, 3.8) is 0 Å². The van der Waals surface area contributed by atoms with Gasteiger partial charge in [-0.2, -0.15) is 13.2 Å². The second-order valence-electron chi connectivity index (χ2n) is 6.88. The summed E-state index contributed by atoms with van der Waals surface area (Å²) in [7, 11) is 0. The molecule has 2 unspecified atom stereocenters. The summed E-state index contributed by atoms with van der Waals surface area (Å²) < 4.78 is 38.5. The van der Waals surface area contributed by atoms with Gasteiger partial charge in [0.25, 0.3) is 5.91 Å². The molecule has 26 heavy (non-hydrogen) atoms. The van der Waals surface area contributed by atoms with Crippen molar-refractivity contribution in [2.75, 3.05) is 0 Å². The predicted molar refractivity (Wildman–Crippen MR) is 97.0 cm³/mol. The molecule has 2 bridgehead atoms. The molecule has 2 saturated heterocycles. The molecular weight excluding hydrogens is 387 g/mol. The van der Waals surface area contributed by atoms with Crippen molar-refractivity contribution in [1.29, 1.82) is 0 Å². The summed E-state index contributed by atoms with van der Waals surface area (Å²) in [5, 5.41) is 7.19. The molecule has 2 fully saturated rings. The van der Waals surface area contributed by atoms with Gasteiger partial charge >= 0.3 is 6.18 Å². The maximum Gasteiger partial charge on any atom is 0.433 e. The van der Waals surface area contributed by atoms with E-state index in [1.165, 1.54) is 6.07 Å². The fourth-order valence-electron chi connectivity index (χ4n) is 3.90. The fourth-order valence-corrected chi connectivity index (χ4v) is 4.98. The molecule has 0 radical (unpaired) electrons. The van der Waals surface area contributed by atoms with E-state index in [9.17, 15) is 18.0 Å². The molecule has 2 aliphatic rings. The van der Waals surface area contributed by atoms with E-state index in [1.54, 1.807) is 6.92 Å². The Morgan fingerprint density at radius 2 is 1.92 bits per heavy atom. The Morgan fingerprint density at radius 1 is 1.27 bits per heavy atom. The van der Waals surface area contributed by atoms with Crippen LogP contribution in [0.1, 0.15) is 46.6 Å². The van der Waals surface area contributed by atoms with Crippen LogP contribution >= 0.6 is 23.7 Å². The Kier molecular flexibility index (Phi) is 5.20. The van der Waals surface area contributed by atoms with E-state index < -0.39 is 11.9 Å². The molecule has 2 aromatic rings. The number of thiophene rings is 1. The zero-order chi connectivity index (χ0) is 17.8. The van der Waals surface area contributed by atoms with Crippen LogP contribution in [0.3, 0.4) is 0 Å². The lowest BCUT2D eigenvalue weighted by atomic mass is 9.99. The second-order valence-corrected chi connectivity index (χ2v) is 7.88. The molecule has 0 aromatic carbocycles. The van der Waals surface area contributed by atoms with Gasteiger partial charge in [0.05, 0.1) is 4.88 Å². The smallest absolute Gasteiger partial charge is 0.348 e. The highest BCUT2D eigenvalue weighted by Crippen LogP contribution is 2.34. The minimum absolute atomic E-state index is 0. The number of rotatable bonds is 2. The van der Waals surface area contributed by atoms with E-state index >= 15 is 0 Å². The zero-order valence-electron chi connectivity index (χ0n) is 14.0. The molecule has 142 valence electrons. The van der Waals surface area contributed by atoms with Gasteiger partial charge < -0.3 is 10.6 Å². The molecule has 2 aliphatic heterocycles. The molecule has 0 saturated carbocycles. The number of carbonyl (C=O) groups is 1. The maximum atomic E-state index is 12.8. The van der Waals surface area contributed by atoms with Crippen LogP contribution in [0.5, 0.6) is 0 Å². The van der Waals surface area contributed by atoms with Crippen molar-refractivity contribution in [3.05, 3.63) is 28.3 Å². The largest absolute Gasteiger partial charge is 0.433 e. The Morgan fingerprint density at radius 3 is 2.54 bits per heavy atom. The highest BCUT2D eigenvalue weighted by atomic mass is 35.5. The summed E-state index contributed by atoms with van der Waals surface area (Å²) in [6.07, 6.45) is -0.389. The van der Waals surface area contributed by atoms with Crippen LogP contribution in [0.2, 0.25) is 0 Å². The number of amides is 1. The molecule has 4 rings (SSSR count). The van der Waals surface area contributed by atoms with Gasteiger partial charge in [0, 0.05) is 23.5 Å². The van der Waals surface area contributed by atoms with Gasteiger partial charge in [0.2, 0.25) is 0 Å². The van der Waals surface area contributed by atoms with Crippen LogP contribution in [-0.2, 0) is 6.18 Å². The Balaban J connectivity index is 0.00000196. The van der Waals surface area contributed by atoms with Crippen LogP contribution in [0, 0.1) is 6.92 Å². The zero-order valence-corrected chi connectivity index (χ0v) is 15.7. The number of piperidine rings is 1. The summed E-state index contributed by atoms with van der Waals surface area (Å²) in [6.45, 7) is 1.76. The van der Waals surface area contributed by atoms with Gasteiger partial charge in [-0.05, 0) is 50.3 Å². The van der Waals surface area contributed by atoms with Gasteiger partial charge in [-0.3, -0.25) is 4.79 Å². The van der Waals surface area contributed by atoms with Gasteiger partial charge in [-0.15, -0.1) is 23.7 Å². The van der Waals surface area contributed by atoms with Crippen LogP contribution in [0.25, 0.3) is 10.2 Å². The lowest BCUT2D eigenvalue weighted by molar-refractivity contribution is -0.140. The third-order valence-corrected chi connectivity index (χ3v) is 6.31. The first-order valence-electron chi connectivity index (χ1n) is 8.35. The highest BCUT2D eigenvalue weighted by molar-refractivity contribution is 7.20. The third-order valence-electron chi connectivity index (χ3n) is 5.11. The summed E-state index contributed by atoms with van der Waals surface area (Å²) in [6, 6.07) is 3.41. The van der Waals surface area contributed by atoms with Gasteiger partial charge in [-0.25, -0.2) is 4.98 Å². The highest BCUT2D eigenvalue weighted by Gasteiger charge is 2.35. The third kappa shape index (κ3) is 3.54. The number of hydrogen-bond donors (Lipinski definition) is 2. The maximum absolute atomic E-state index is 12.8. The van der Waals surface area contributed by atoms with E-state index in [2.05, 4.69) is 15.6 Å². The molecule has 9 heteroatoms. The van der Waals surface area contributed by atoms with Crippen LogP contribution in [0.15, 0.2) is 12.1 Å². The van der Waals surface area contributed by atoms with Crippen LogP contribution in [-0.4, -0.2) is 29.0 Å². The van der Waals surface area contributed by atoms with E-state index in [-0.39, 0.29) is 29.2 Å². The van der Waals surface area contributed by atoms with Gasteiger partial charge in [0.1, 0.15) is 10.5 Å². The summed E-state index contributed by atoms with van der Waals surface area (Å²) in [4.78, 5) is 17.0. The molecule has 4 heterocycles. The number of nitrogens with zero attached hydrogens (tertiary/aromatic N) is 1. The minimum Gasteiger partial charge on any atom is -0.348 e. The number of hydrogen-bond acceptors (Lipinski definition) is 4. The van der Waals surface area contributed by atoms with Crippen molar-refractivity contribution >= 4 is 39.9 Å². The normalized spacial score (nSPS) is 25.2. The Hall–Kier alpha value is -1.38. The molecule has 0 aliphatic carbocycles. The average Bonchev–Trinajstić information content (AvgIpc) is 3.06. The Labute approximate surface area is 159 Å². The van der Waals surface area contributed by atoms with Crippen LogP contribution < -0.4 is 10.6 Å². The number of fused-ring (bicyclic) bond motifs is 3. The number of pyridine rings is 1. The lowest BCUT2D eigenvalue weighted by Crippen LogP contribution is -2.47. The molecule has 2 aromatic heterocycles. The average molecular weight is 406 g/mol. The second kappa shape index (κ2) is 6.98. The van der Waals surface area contributed by atoms with Gasteiger partial charge in [0.15, 0.2) is 0 Å². The number of alkyl halides is 3. The molecule has 2 atom stereocenters. The summed E-state index contributed by atoms with van der Waals surface area (Å²) >= 11 is 1.03. The number of carbonyl (C=O) groups excluding carboxylic acids is 1. The summed E-state index contributed by atoms with van der Waals surface area (Å²) in [5.74, 6) is -0.208. The fraction of sp³-hybridized carbons (Fsp3) is 0.529. The van der Waals surface area contributed by atoms with Crippen LogP contribution in [0.4, 0.5) is 13.2 Å². The Bertz CT molecular complexity index is 827. The first kappa shape index (κ1) is 19.4. The van der Waals surface area contributed by atoms with E-state index in [4.69, 9.17) is 0 Å². The minimum atomic E-state index is -4.48. The van der Waals surface area contributed by atoms with Crippen molar-refractivity contribution in [2.45, 2.75) is 56.9 Å². The van der Waals surface area contributed by atoms with Crippen molar-refractivity contribution in [1.82, 2.24) is 15.6 Å². The quantitative estimate of drug-likeness (QED) is 0.792. The predicted octanol–water partition coefficient (Wildman–Crippen LogP) is 4.06. The number of halogens is 4. The first-order valence-corrected chi connectivity index (χ1v) is 9.17. The van der Waals surface area contributed by atoms with Crippen molar-refractivity contribution < 1.29 is 18.0 Å². The SMILES string of the molecule is Cc1c(C(=O)NC2CC3CCC(C2)N3)sc2nc(C(F)(F)F)ccc12.Cl. The molecule has 2 N–H and O–H groups in total. The number of aryl methyl sites for hydroxylation is 1. The van der Waals surface area contributed by atoms with E-state index in [0.29, 0.717) is 27.9 Å².